The van der Waals surface area contributed by atoms with Crippen LogP contribution in [-0.4, -0.2) is 21.9 Å². The van der Waals surface area contributed by atoms with Crippen LogP contribution in [0.25, 0.3) is 12.3 Å². The molecule has 0 spiro atoms. The molecule has 1 radical (unpaired) electrons. The fourth-order valence-corrected chi connectivity index (χ4v) is 0.996. The molecule has 15 heavy (non-hydrogen) atoms. The normalized spacial score (nSPS) is 12.9. The van der Waals surface area contributed by atoms with E-state index < -0.39 is 0 Å². The number of nitrogens with two attached hydrogens (primary N) is 2. The minimum Gasteiger partial charge on any atom is -0.693 e. The minimum atomic E-state index is 0. The molecule has 0 saturated heterocycles. The summed E-state index contributed by atoms with van der Waals surface area (Å²) in [5, 5.41) is 0. The summed E-state index contributed by atoms with van der Waals surface area (Å²) < 4.78 is 0. The molecule has 0 aromatic carbocycles. The van der Waals surface area contributed by atoms with E-state index in [0.717, 1.165) is 0 Å². The van der Waals surface area contributed by atoms with E-state index in [1.807, 2.05) is 0 Å². The van der Waals surface area contributed by atoms with Gasteiger partial charge in [-0.3, -0.25) is 0 Å². The van der Waals surface area contributed by atoms with Crippen molar-refractivity contribution in [2.45, 2.75) is 39.8 Å². The number of hydrogen-bond acceptors (Lipinski definition) is 2. The molecule has 0 saturated carbocycles. The zero-order chi connectivity index (χ0) is 8.43. The van der Waals surface area contributed by atoms with Crippen LogP contribution in [0.2, 0.25) is 0 Å². The molecule has 1 rings (SSSR count). The third-order valence-corrected chi connectivity index (χ3v) is 1.87. The molecule has 4 N–H and O–H groups in total. The Balaban J connectivity index is -0.000000151. The van der Waals surface area contributed by atoms with Crippen molar-refractivity contribution in [3.63, 3.8) is 0 Å². The maximum atomic E-state index is 2.21. The predicted molar refractivity (Wildman–Crippen MR) is 64.4 cm³/mol. The van der Waals surface area contributed by atoms with E-state index in [2.05, 4.69) is 56.6 Å². The maximum Gasteiger partial charge on any atom is 0 e. The van der Waals surface area contributed by atoms with Crippen LogP contribution in [-0.2, 0) is 20.1 Å². The van der Waals surface area contributed by atoms with Gasteiger partial charge < -0.3 is 29.5 Å². The molecule has 1 heterocycles. The van der Waals surface area contributed by atoms with Crippen molar-refractivity contribution >= 4 is 0 Å². The molecule has 4 nitrogen and oxygen atoms in total. The molecule has 1 aliphatic rings. The van der Waals surface area contributed by atoms with Crippen LogP contribution >= 0.6 is 0 Å². The molecule has 0 bridgehead atoms. The molecule has 0 atom stereocenters. The summed E-state index contributed by atoms with van der Waals surface area (Å²) in [4.78, 5) is 4.42. The topological polar surface area (TPSA) is 73.5 Å². The van der Waals surface area contributed by atoms with Crippen LogP contribution in [0.15, 0.2) is 12.4 Å². The molecule has 0 aliphatic carbocycles. The predicted octanol–water partition coefficient (Wildman–Crippen LogP) is 3.89. The van der Waals surface area contributed by atoms with Crippen molar-refractivity contribution in [2.24, 2.45) is 0 Å². The van der Waals surface area contributed by atoms with Crippen molar-refractivity contribution in [2.75, 3.05) is 0 Å². The Morgan fingerprint density at radius 1 is 0.867 bits per heavy atom. The molecular weight excluding hydrogens is 368 g/mol. The van der Waals surface area contributed by atoms with Gasteiger partial charge in [-0.25, -0.2) is 0 Å². The first kappa shape index (κ1) is 24.2. The quantitative estimate of drug-likeness (QED) is 0.669. The standard InChI is InChI=1S/C9H17N2.CH3.Ir.2H2N/c1-8(2)10-5-6-11(7-10)9(3)4;;;;/h5-9H,1-4H3;1H3;;2*1H2/q2*-1;;2*-1. The first-order valence-electron chi connectivity index (χ1n) is 4.19. The van der Waals surface area contributed by atoms with Gasteiger partial charge in [0, 0.05) is 20.1 Å². The van der Waals surface area contributed by atoms with Gasteiger partial charge in [-0.2, -0.15) is 6.67 Å². The van der Waals surface area contributed by atoms with Crippen molar-refractivity contribution in [3.05, 3.63) is 38.8 Å². The van der Waals surface area contributed by atoms with E-state index in [1.54, 1.807) is 0 Å². The zero-order valence-electron chi connectivity index (χ0n) is 10.3. The van der Waals surface area contributed by atoms with Crippen LogP contribution in [0.5, 0.6) is 0 Å². The Morgan fingerprint density at radius 3 is 1.27 bits per heavy atom. The first-order chi connectivity index (χ1) is 5.11. The summed E-state index contributed by atoms with van der Waals surface area (Å²) in [6.45, 7) is 10.9. The second kappa shape index (κ2) is 10.4. The van der Waals surface area contributed by atoms with Gasteiger partial charge in [0.25, 0.3) is 0 Å². The van der Waals surface area contributed by atoms with Gasteiger partial charge in [-0.15, -0.1) is 0 Å². The SMILES string of the molecule is CC(C)N1C=CN(C(C)C)[CH-]1.[CH3-].[Ir].[NH2-].[NH2-]. The fraction of sp³-hybridized carbons (Fsp3) is 0.600. The monoisotopic (exact) mass is 393 g/mol. The fourth-order valence-electron chi connectivity index (χ4n) is 0.996. The van der Waals surface area contributed by atoms with Gasteiger partial charge in [-0.1, -0.05) is 0 Å². The van der Waals surface area contributed by atoms with Gasteiger partial charge in [-0.05, 0) is 52.2 Å². The van der Waals surface area contributed by atoms with Crippen molar-refractivity contribution in [1.29, 1.82) is 0 Å². The average molecular weight is 393 g/mol. The van der Waals surface area contributed by atoms with E-state index in [1.165, 1.54) is 0 Å². The maximum absolute atomic E-state index is 2.21. The van der Waals surface area contributed by atoms with Crippen molar-refractivity contribution < 1.29 is 20.1 Å². The average Bonchev–Trinajstić information content (AvgIpc) is 2.33. The molecule has 97 valence electrons. The minimum absolute atomic E-state index is 0. The molecule has 0 aromatic heterocycles. The number of hydrogen-bond donors (Lipinski definition) is 0. The smallest absolute Gasteiger partial charge is 0 e. The van der Waals surface area contributed by atoms with E-state index >= 15 is 0 Å². The van der Waals surface area contributed by atoms with E-state index in [4.69, 9.17) is 0 Å². The third kappa shape index (κ3) is 6.90. The summed E-state index contributed by atoms with van der Waals surface area (Å²) in [7, 11) is 0. The Labute approximate surface area is 109 Å². The number of nitrogens with zero attached hydrogens (tertiary/aromatic N) is 2. The van der Waals surface area contributed by atoms with Gasteiger partial charge in [0.2, 0.25) is 0 Å². The molecule has 0 amide bonds. The number of rotatable bonds is 2. The summed E-state index contributed by atoms with van der Waals surface area (Å²) >= 11 is 0. The van der Waals surface area contributed by atoms with E-state index in [-0.39, 0.29) is 39.8 Å². The van der Waals surface area contributed by atoms with E-state index in [9.17, 15) is 0 Å². The summed E-state index contributed by atoms with van der Waals surface area (Å²) in [6, 6.07) is 1.13. The second-order valence-electron chi connectivity index (χ2n) is 3.50. The van der Waals surface area contributed by atoms with Gasteiger partial charge in [0.05, 0.1) is 0 Å². The Kier molecular flexibility index (Phi) is 16.8. The van der Waals surface area contributed by atoms with Crippen LogP contribution in [0, 0.1) is 14.1 Å². The van der Waals surface area contributed by atoms with Crippen LogP contribution in [0.4, 0.5) is 0 Å². The zero-order valence-corrected chi connectivity index (χ0v) is 12.7. The van der Waals surface area contributed by atoms with Crippen molar-refractivity contribution in [1.82, 2.24) is 9.80 Å². The molecule has 0 aromatic rings. The molecule has 5 heteroatoms. The molecule has 0 unspecified atom stereocenters. The Bertz CT molecular complexity index is 144. The third-order valence-electron chi connectivity index (χ3n) is 1.87. The summed E-state index contributed by atoms with van der Waals surface area (Å²) in [5.74, 6) is 0. The molecule has 1 aliphatic heterocycles. The summed E-state index contributed by atoms with van der Waals surface area (Å²) in [5.41, 5.74) is 0. The van der Waals surface area contributed by atoms with Crippen LogP contribution in [0.3, 0.4) is 0 Å². The summed E-state index contributed by atoms with van der Waals surface area (Å²) in [6.07, 6.45) is 4.23. The largest absolute Gasteiger partial charge is 0.693 e. The Hall–Kier alpha value is -0.0906. The van der Waals surface area contributed by atoms with Gasteiger partial charge in [0.1, 0.15) is 0 Å². The first-order valence-corrected chi connectivity index (χ1v) is 4.19. The van der Waals surface area contributed by atoms with Crippen molar-refractivity contribution in [3.8, 4) is 0 Å². The second-order valence-corrected chi connectivity index (χ2v) is 3.50. The van der Waals surface area contributed by atoms with Gasteiger partial charge >= 0.3 is 0 Å². The van der Waals surface area contributed by atoms with Crippen LogP contribution in [0.1, 0.15) is 27.7 Å². The molecule has 0 fully saturated rings. The van der Waals surface area contributed by atoms with Gasteiger partial charge in [0.15, 0.2) is 0 Å². The molecular formula is C10H24IrN4-4. The van der Waals surface area contributed by atoms with Crippen LogP contribution < -0.4 is 0 Å². The van der Waals surface area contributed by atoms with E-state index in [0.29, 0.717) is 12.1 Å². The Morgan fingerprint density at radius 2 is 1.13 bits per heavy atom.